The van der Waals surface area contributed by atoms with Crippen molar-refractivity contribution in [3.05, 3.63) is 0 Å². The Hall–Kier alpha value is 0.260. The second-order valence-electron chi connectivity index (χ2n) is 1.83. The minimum atomic E-state index is -0.404. The Morgan fingerprint density at radius 3 is 1.67 bits per heavy atom. The van der Waals surface area contributed by atoms with Crippen LogP contribution in [0.2, 0.25) is 0 Å². The molecule has 0 saturated carbocycles. The van der Waals surface area contributed by atoms with Crippen LogP contribution in [-0.4, -0.2) is 42.2 Å². The molecule has 2 nitrogen and oxygen atoms in total. The first-order chi connectivity index (χ1) is 4.09. The molecule has 1 N–H and O–H groups in total. The van der Waals surface area contributed by atoms with Crippen LogP contribution in [-0.2, 0) is 0 Å². The van der Waals surface area contributed by atoms with Gasteiger partial charge in [-0.3, -0.25) is 0 Å². The second kappa shape index (κ2) is 4.14. The zero-order valence-corrected chi connectivity index (χ0v) is 7.70. The maximum atomic E-state index is 8.75. The minimum Gasteiger partial charge on any atom is -0.373 e. The second-order valence-corrected chi connectivity index (χ2v) is 5.74. The molecule has 0 spiro atoms. The maximum absolute atomic E-state index is 8.75. The molecule has 0 saturated heterocycles. The van der Waals surface area contributed by atoms with Crippen LogP contribution in [0.1, 0.15) is 0 Å². The molecule has 0 aliphatic carbocycles. The zero-order chi connectivity index (χ0) is 7.44. The molecule has 4 heteroatoms. The van der Waals surface area contributed by atoms with Crippen molar-refractivity contribution >= 4 is 28.0 Å². The highest BCUT2D eigenvalue weighted by Gasteiger charge is 2.22. The normalized spacial score (nSPS) is 13.8. The monoisotopic (exact) mass is 165 g/mol. The van der Waals surface area contributed by atoms with Gasteiger partial charge in [-0.2, -0.15) is 0 Å². The van der Waals surface area contributed by atoms with E-state index < -0.39 is 15.4 Å². The van der Waals surface area contributed by atoms with E-state index >= 15 is 0 Å². The Kier molecular flexibility index (Phi) is 4.26. The van der Waals surface area contributed by atoms with Gasteiger partial charge >= 0.3 is 0 Å². The van der Waals surface area contributed by atoms with Crippen molar-refractivity contribution in [2.45, 2.75) is 0 Å². The van der Waals surface area contributed by atoms with E-state index in [1.54, 1.807) is 0 Å². The summed E-state index contributed by atoms with van der Waals surface area (Å²) >= 11 is 0. The molecular formula is C5H13NOP2+2. The molecule has 0 amide bonds. The molecule has 0 heterocycles. The van der Waals surface area contributed by atoms with Crippen molar-refractivity contribution < 1.29 is 5.11 Å². The fourth-order valence-electron chi connectivity index (χ4n) is 0.477. The molecule has 9 heavy (non-hydrogen) atoms. The fraction of sp³-hybridized carbons (Fsp3) is 0.600. The molecule has 0 aliphatic rings. The molecule has 52 valence electrons. The lowest BCUT2D eigenvalue weighted by Gasteiger charge is -1.96. The van der Waals surface area contributed by atoms with Gasteiger partial charge in [-0.25, -0.2) is 0 Å². The number of aliphatic hydroxyl groups is 1. The van der Waals surface area contributed by atoms with E-state index in [0.29, 0.717) is 0 Å². The summed E-state index contributed by atoms with van der Waals surface area (Å²) in [5.74, 6) is 0. The first kappa shape index (κ1) is 9.26. The topological polar surface area (TPSA) is 23.5 Å². The van der Waals surface area contributed by atoms with Crippen LogP contribution in [0.15, 0.2) is 0 Å². The molecule has 0 aromatic rings. The third-order valence-corrected chi connectivity index (χ3v) is 4.58. The molecule has 0 radical (unpaired) electrons. The SMILES string of the molecule is C=[P+](C)N(CO)[P+](=C)C. The van der Waals surface area contributed by atoms with Crippen molar-refractivity contribution in [2.24, 2.45) is 0 Å². The average Bonchev–Trinajstić information content (AvgIpc) is 1.64. The summed E-state index contributed by atoms with van der Waals surface area (Å²) in [6, 6.07) is 0. The molecule has 0 fully saturated rings. The highest BCUT2D eigenvalue weighted by molar-refractivity contribution is 7.67. The van der Waals surface area contributed by atoms with Crippen LogP contribution in [0.25, 0.3) is 0 Å². The minimum absolute atomic E-state index is 0.0947. The molecule has 2 atom stereocenters. The highest BCUT2D eigenvalue weighted by Crippen LogP contribution is 2.35. The molecule has 0 rings (SSSR count). The standard InChI is InChI=1S/C5H13NOP2/c1-8(2)6(5-7)9(3)4/h7H,1,3,5H2,2,4H3/q+2. The molecule has 2 unspecified atom stereocenters. The number of aliphatic hydroxyl groups excluding tert-OH is 1. The lowest BCUT2D eigenvalue weighted by molar-refractivity contribution is 0.244. The van der Waals surface area contributed by atoms with E-state index in [1.165, 1.54) is 0 Å². The predicted molar refractivity (Wildman–Crippen MR) is 48.9 cm³/mol. The van der Waals surface area contributed by atoms with Gasteiger partial charge in [-0.05, 0) is 0 Å². The average molecular weight is 165 g/mol. The Bertz CT molecular complexity index is 121. The van der Waals surface area contributed by atoms with Crippen LogP contribution >= 0.6 is 15.4 Å². The zero-order valence-electron chi connectivity index (χ0n) is 5.91. The van der Waals surface area contributed by atoms with E-state index in [2.05, 4.69) is 12.6 Å². The summed E-state index contributed by atoms with van der Waals surface area (Å²) in [6.07, 6.45) is 7.68. The van der Waals surface area contributed by atoms with Crippen molar-refractivity contribution in [1.29, 1.82) is 0 Å². The van der Waals surface area contributed by atoms with Gasteiger partial charge in [-0.15, -0.1) is 0 Å². The van der Waals surface area contributed by atoms with Crippen LogP contribution in [0, 0.1) is 0 Å². The van der Waals surface area contributed by atoms with Gasteiger partial charge in [0.15, 0.2) is 6.73 Å². The van der Waals surface area contributed by atoms with E-state index in [-0.39, 0.29) is 6.73 Å². The van der Waals surface area contributed by atoms with Gasteiger partial charge in [0.1, 0.15) is 13.3 Å². The summed E-state index contributed by atoms with van der Waals surface area (Å²) in [5, 5.41) is 8.75. The maximum Gasteiger partial charge on any atom is 0.221 e. The summed E-state index contributed by atoms with van der Waals surface area (Å²) in [6.45, 7) is 4.11. The molecule has 0 aromatic carbocycles. The number of hydrogen-bond acceptors (Lipinski definition) is 2. The van der Waals surface area contributed by atoms with E-state index in [4.69, 9.17) is 5.11 Å². The van der Waals surface area contributed by atoms with E-state index in [0.717, 1.165) is 0 Å². The van der Waals surface area contributed by atoms with Crippen LogP contribution < -0.4 is 0 Å². The van der Waals surface area contributed by atoms with E-state index in [1.807, 2.05) is 17.8 Å². The molecule has 0 aromatic heterocycles. The Morgan fingerprint density at radius 2 is 1.67 bits per heavy atom. The van der Waals surface area contributed by atoms with Crippen LogP contribution in [0.5, 0.6) is 0 Å². The third-order valence-electron chi connectivity index (χ3n) is 0.915. The van der Waals surface area contributed by atoms with Gasteiger partial charge in [0, 0.05) is 0 Å². The first-order valence-electron chi connectivity index (χ1n) is 2.56. The van der Waals surface area contributed by atoms with Gasteiger partial charge in [0.25, 0.3) is 0 Å². The van der Waals surface area contributed by atoms with Crippen molar-refractivity contribution in [1.82, 2.24) is 4.44 Å². The largest absolute Gasteiger partial charge is 0.373 e. The predicted octanol–water partition coefficient (Wildman–Crippen LogP) is 1.16. The van der Waals surface area contributed by atoms with Gasteiger partial charge in [0.2, 0.25) is 15.4 Å². The molecule has 0 bridgehead atoms. The summed E-state index contributed by atoms with van der Waals surface area (Å²) in [7, 11) is -0.808. The quantitative estimate of drug-likeness (QED) is 0.501. The van der Waals surface area contributed by atoms with E-state index in [9.17, 15) is 0 Å². The first-order valence-corrected chi connectivity index (χ1v) is 6.41. The van der Waals surface area contributed by atoms with Crippen LogP contribution in [0.4, 0.5) is 0 Å². The Morgan fingerprint density at radius 1 is 1.33 bits per heavy atom. The van der Waals surface area contributed by atoms with Crippen molar-refractivity contribution in [3.8, 4) is 0 Å². The smallest absolute Gasteiger partial charge is 0.221 e. The highest BCUT2D eigenvalue weighted by atomic mass is 31.2. The molecule has 0 aliphatic heterocycles. The molecular weight excluding hydrogens is 152 g/mol. The number of hydrogen-bond donors (Lipinski definition) is 1. The fourth-order valence-corrected chi connectivity index (χ4v) is 2.99. The van der Waals surface area contributed by atoms with Crippen molar-refractivity contribution in [3.63, 3.8) is 0 Å². The summed E-state index contributed by atoms with van der Waals surface area (Å²) in [5.41, 5.74) is 0. The van der Waals surface area contributed by atoms with Crippen molar-refractivity contribution in [2.75, 3.05) is 20.1 Å². The summed E-state index contributed by atoms with van der Waals surface area (Å²) < 4.78 is 1.92. The third kappa shape index (κ3) is 3.07. The van der Waals surface area contributed by atoms with Crippen LogP contribution in [0.3, 0.4) is 0 Å². The Labute approximate surface area is 58.4 Å². The van der Waals surface area contributed by atoms with Gasteiger partial charge in [0.05, 0.1) is 17.0 Å². The van der Waals surface area contributed by atoms with Gasteiger partial charge in [-0.1, -0.05) is 0 Å². The van der Waals surface area contributed by atoms with Gasteiger partial charge < -0.3 is 5.11 Å². The number of nitrogens with zero attached hydrogens (tertiary/aromatic N) is 1. The number of rotatable bonds is 3. The lowest BCUT2D eigenvalue weighted by Crippen LogP contribution is -2.05. The summed E-state index contributed by atoms with van der Waals surface area (Å²) in [4.78, 5) is 0. The lowest BCUT2D eigenvalue weighted by atomic mass is 11.4. The Balaban J connectivity index is 3.99.